The molecule has 2 nitrogen and oxygen atoms in total. The standard InChI is InChI=1S/C16H30N2/c1-3-4-10-17-11-13-18(14-12-17)15(2)16-8-6-5-7-9-16/h16H,2-14H2,1H3. The Labute approximate surface area is 113 Å². The molecule has 0 aromatic carbocycles. The zero-order valence-corrected chi connectivity index (χ0v) is 12.2. The summed E-state index contributed by atoms with van der Waals surface area (Å²) < 4.78 is 0. The highest BCUT2D eigenvalue weighted by Gasteiger charge is 2.23. The minimum Gasteiger partial charge on any atom is -0.373 e. The van der Waals surface area contributed by atoms with Crippen LogP contribution in [-0.4, -0.2) is 42.5 Å². The molecule has 2 aliphatic rings. The third-order valence-electron chi connectivity index (χ3n) is 4.68. The molecule has 0 aromatic heterocycles. The highest BCUT2D eigenvalue weighted by molar-refractivity contribution is 5.02. The van der Waals surface area contributed by atoms with Crippen LogP contribution in [0.2, 0.25) is 0 Å². The minimum atomic E-state index is 0.793. The van der Waals surface area contributed by atoms with Crippen LogP contribution in [0.3, 0.4) is 0 Å². The van der Waals surface area contributed by atoms with E-state index in [1.54, 1.807) is 0 Å². The highest BCUT2D eigenvalue weighted by atomic mass is 15.3. The van der Waals surface area contributed by atoms with Gasteiger partial charge in [0.2, 0.25) is 0 Å². The zero-order valence-electron chi connectivity index (χ0n) is 12.2. The Balaban J connectivity index is 1.73. The Morgan fingerprint density at radius 2 is 1.72 bits per heavy atom. The Morgan fingerprint density at radius 3 is 2.33 bits per heavy atom. The molecule has 1 heterocycles. The summed E-state index contributed by atoms with van der Waals surface area (Å²) >= 11 is 0. The van der Waals surface area contributed by atoms with Gasteiger partial charge in [0.1, 0.15) is 0 Å². The van der Waals surface area contributed by atoms with Gasteiger partial charge >= 0.3 is 0 Å². The summed E-state index contributed by atoms with van der Waals surface area (Å²) in [6.45, 7) is 12.9. The third-order valence-corrected chi connectivity index (χ3v) is 4.68. The Morgan fingerprint density at radius 1 is 1.06 bits per heavy atom. The molecule has 1 aliphatic heterocycles. The molecule has 2 rings (SSSR count). The van der Waals surface area contributed by atoms with E-state index < -0.39 is 0 Å². The quantitative estimate of drug-likeness (QED) is 0.737. The fraction of sp³-hybridized carbons (Fsp3) is 0.875. The molecular weight excluding hydrogens is 220 g/mol. The van der Waals surface area contributed by atoms with E-state index in [4.69, 9.17) is 0 Å². The van der Waals surface area contributed by atoms with Gasteiger partial charge in [-0.15, -0.1) is 0 Å². The smallest absolute Gasteiger partial charge is 0.0303 e. The summed E-state index contributed by atoms with van der Waals surface area (Å²) in [6, 6.07) is 0. The molecule has 2 fully saturated rings. The summed E-state index contributed by atoms with van der Waals surface area (Å²) in [5, 5.41) is 0. The van der Waals surface area contributed by atoms with Crippen LogP contribution >= 0.6 is 0 Å². The van der Waals surface area contributed by atoms with Gasteiger partial charge in [-0.3, -0.25) is 4.90 Å². The lowest BCUT2D eigenvalue weighted by molar-refractivity contribution is 0.142. The van der Waals surface area contributed by atoms with Gasteiger partial charge in [-0.1, -0.05) is 39.2 Å². The average molecular weight is 250 g/mol. The number of unbranched alkanes of at least 4 members (excludes halogenated alkanes) is 1. The maximum atomic E-state index is 4.40. The maximum absolute atomic E-state index is 4.40. The summed E-state index contributed by atoms with van der Waals surface area (Å²) in [6.07, 6.45) is 9.71. The van der Waals surface area contributed by atoms with Crippen LogP contribution in [0, 0.1) is 5.92 Å². The van der Waals surface area contributed by atoms with Crippen LogP contribution in [-0.2, 0) is 0 Å². The van der Waals surface area contributed by atoms with Crippen LogP contribution in [0.1, 0.15) is 51.9 Å². The van der Waals surface area contributed by atoms with Crippen LogP contribution in [0.4, 0.5) is 0 Å². The van der Waals surface area contributed by atoms with E-state index in [0.717, 1.165) is 5.92 Å². The molecule has 0 radical (unpaired) electrons. The van der Waals surface area contributed by atoms with Crippen molar-refractivity contribution in [1.82, 2.24) is 9.80 Å². The fourth-order valence-electron chi connectivity index (χ4n) is 3.33. The Kier molecular flexibility index (Phi) is 5.55. The number of hydrogen-bond acceptors (Lipinski definition) is 2. The minimum absolute atomic E-state index is 0.793. The van der Waals surface area contributed by atoms with Crippen LogP contribution < -0.4 is 0 Å². The lowest BCUT2D eigenvalue weighted by Gasteiger charge is -2.40. The van der Waals surface area contributed by atoms with Gasteiger partial charge in [-0.25, -0.2) is 0 Å². The van der Waals surface area contributed by atoms with Gasteiger partial charge in [0, 0.05) is 31.9 Å². The van der Waals surface area contributed by atoms with Crippen LogP contribution in [0.5, 0.6) is 0 Å². The van der Waals surface area contributed by atoms with E-state index in [-0.39, 0.29) is 0 Å². The average Bonchev–Trinajstić information content (AvgIpc) is 2.46. The highest BCUT2D eigenvalue weighted by Crippen LogP contribution is 2.30. The molecule has 18 heavy (non-hydrogen) atoms. The first-order chi connectivity index (χ1) is 8.81. The number of rotatable bonds is 5. The van der Waals surface area contributed by atoms with Gasteiger partial charge in [-0.05, 0) is 31.7 Å². The molecule has 0 aromatic rings. The second-order valence-corrected chi connectivity index (χ2v) is 6.01. The largest absolute Gasteiger partial charge is 0.373 e. The van der Waals surface area contributed by atoms with Gasteiger partial charge < -0.3 is 4.90 Å². The van der Waals surface area contributed by atoms with Gasteiger partial charge in [0.05, 0.1) is 0 Å². The molecule has 1 saturated heterocycles. The summed E-state index contributed by atoms with van der Waals surface area (Å²) in [5.74, 6) is 0.793. The van der Waals surface area contributed by atoms with Gasteiger partial charge in [-0.2, -0.15) is 0 Å². The summed E-state index contributed by atoms with van der Waals surface area (Å²) in [7, 11) is 0. The molecule has 0 bridgehead atoms. The van der Waals surface area contributed by atoms with Crippen LogP contribution in [0.15, 0.2) is 12.3 Å². The van der Waals surface area contributed by atoms with Crippen molar-refractivity contribution in [2.24, 2.45) is 5.92 Å². The van der Waals surface area contributed by atoms with E-state index in [1.165, 1.54) is 83.4 Å². The molecular formula is C16H30N2. The lowest BCUT2D eigenvalue weighted by atomic mass is 9.86. The Hall–Kier alpha value is -0.500. The van der Waals surface area contributed by atoms with Crippen molar-refractivity contribution in [2.45, 2.75) is 51.9 Å². The molecule has 2 heteroatoms. The topological polar surface area (TPSA) is 6.48 Å². The summed E-state index contributed by atoms with van der Waals surface area (Å²) in [4.78, 5) is 5.19. The van der Waals surface area contributed by atoms with E-state index in [9.17, 15) is 0 Å². The first kappa shape index (κ1) is 13.9. The zero-order chi connectivity index (χ0) is 12.8. The number of hydrogen-bond donors (Lipinski definition) is 0. The second-order valence-electron chi connectivity index (χ2n) is 6.01. The number of allylic oxidation sites excluding steroid dienone is 1. The van der Waals surface area contributed by atoms with E-state index in [2.05, 4.69) is 23.3 Å². The van der Waals surface area contributed by atoms with Crippen molar-refractivity contribution in [3.05, 3.63) is 12.3 Å². The van der Waals surface area contributed by atoms with Crippen molar-refractivity contribution in [1.29, 1.82) is 0 Å². The molecule has 1 saturated carbocycles. The third kappa shape index (κ3) is 3.74. The predicted octanol–water partition coefficient (Wildman–Crippen LogP) is 3.50. The molecule has 0 spiro atoms. The van der Waals surface area contributed by atoms with E-state index >= 15 is 0 Å². The predicted molar refractivity (Wildman–Crippen MR) is 78.6 cm³/mol. The van der Waals surface area contributed by atoms with Gasteiger partial charge in [0.25, 0.3) is 0 Å². The second kappa shape index (κ2) is 7.18. The van der Waals surface area contributed by atoms with Crippen molar-refractivity contribution in [3.8, 4) is 0 Å². The maximum Gasteiger partial charge on any atom is 0.0303 e. The molecule has 0 amide bonds. The first-order valence-electron chi connectivity index (χ1n) is 7.97. The molecule has 0 N–H and O–H groups in total. The first-order valence-corrected chi connectivity index (χ1v) is 7.97. The molecule has 104 valence electrons. The monoisotopic (exact) mass is 250 g/mol. The van der Waals surface area contributed by atoms with Crippen molar-refractivity contribution >= 4 is 0 Å². The number of piperazine rings is 1. The SMILES string of the molecule is C=C(C1CCCCC1)N1CCN(CCCC)CC1. The fourth-order valence-corrected chi connectivity index (χ4v) is 3.33. The van der Waals surface area contributed by atoms with Crippen molar-refractivity contribution in [3.63, 3.8) is 0 Å². The normalized spacial score (nSPS) is 23.3. The van der Waals surface area contributed by atoms with Gasteiger partial charge in [0.15, 0.2) is 0 Å². The molecule has 0 atom stereocenters. The van der Waals surface area contributed by atoms with E-state index in [0.29, 0.717) is 0 Å². The van der Waals surface area contributed by atoms with Crippen molar-refractivity contribution in [2.75, 3.05) is 32.7 Å². The number of nitrogens with zero attached hydrogens (tertiary/aromatic N) is 2. The lowest BCUT2D eigenvalue weighted by Crippen LogP contribution is -2.46. The molecule has 1 aliphatic carbocycles. The summed E-state index contributed by atoms with van der Waals surface area (Å²) in [5.41, 5.74) is 1.45. The molecule has 0 unspecified atom stereocenters. The van der Waals surface area contributed by atoms with Crippen molar-refractivity contribution < 1.29 is 0 Å². The Bertz CT molecular complexity index is 248. The van der Waals surface area contributed by atoms with Crippen LogP contribution in [0.25, 0.3) is 0 Å². The van der Waals surface area contributed by atoms with E-state index in [1.807, 2.05) is 0 Å².